The largest absolute Gasteiger partial charge is 0.505 e. The first-order valence-electron chi connectivity index (χ1n) is 8.28. The van der Waals surface area contributed by atoms with E-state index in [4.69, 9.17) is 4.74 Å². The number of aliphatic hydroxyl groups excluding tert-OH is 1. The van der Waals surface area contributed by atoms with Crippen molar-refractivity contribution in [3.63, 3.8) is 0 Å². The van der Waals surface area contributed by atoms with Crippen LogP contribution >= 0.6 is 0 Å². The van der Waals surface area contributed by atoms with Gasteiger partial charge in [-0.15, -0.1) is 0 Å². The number of amides is 1. The molecule has 28 heavy (non-hydrogen) atoms. The van der Waals surface area contributed by atoms with Crippen molar-refractivity contribution in [1.29, 1.82) is 0 Å². The molecule has 1 heterocycles. The number of methoxy groups -OCH3 is 1. The molecule has 2 aromatic carbocycles. The molecule has 1 aliphatic rings. The van der Waals surface area contributed by atoms with Crippen LogP contribution in [0.15, 0.2) is 64.2 Å². The van der Waals surface area contributed by atoms with Gasteiger partial charge in [-0.3, -0.25) is 9.10 Å². The van der Waals surface area contributed by atoms with E-state index in [9.17, 15) is 18.3 Å². The van der Waals surface area contributed by atoms with E-state index in [1.54, 1.807) is 50.4 Å². The van der Waals surface area contributed by atoms with Gasteiger partial charge in [-0.05, 0) is 48.9 Å². The number of fused-ring (bicyclic) bond motifs is 1. The van der Waals surface area contributed by atoms with Gasteiger partial charge >= 0.3 is 0 Å². The van der Waals surface area contributed by atoms with Crippen LogP contribution in [0.2, 0.25) is 0 Å². The van der Waals surface area contributed by atoms with E-state index in [0.29, 0.717) is 11.5 Å². The average molecular weight is 401 g/mol. The topological polar surface area (TPSA) is 108 Å². The number of nitrogens with zero attached hydrogens (tertiary/aromatic N) is 2. The Hall–Kier alpha value is -3.33. The van der Waals surface area contributed by atoms with E-state index in [1.165, 1.54) is 19.2 Å². The van der Waals surface area contributed by atoms with Crippen molar-refractivity contribution < 1.29 is 23.1 Å². The minimum absolute atomic E-state index is 0.0653. The predicted octanol–water partition coefficient (Wildman–Crippen LogP) is 2.10. The van der Waals surface area contributed by atoms with E-state index in [0.717, 1.165) is 9.87 Å². The first kappa shape index (κ1) is 19.4. The average Bonchev–Trinajstić information content (AvgIpc) is 2.71. The van der Waals surface area contributed by atoms with Crippen LogP contribution in [0.5, 0.6) is 5.75 Å². The zero-order valence-electron chi connectivity index (χ0n) is 15.5. The summed E-state index contributed by atoms with van der Waals surface area (Å²) >= 11 is 0. The SMILES string of the molecule is COc1ccc(/C(C)=N/NC(=O)C2=C(O)c3ccccc3S(=O)(=O)N2C)cc1. The predicted molar refractivity (Wildman–Crippen MR) is 104 cm³/mol. The van der Waals surface area contributed by atoms with Gasteiger partial charge in [-0.1, -0.05) is 12.1 Å². The fraction of sp³-hybridized carbons (Fsp3) is 0.158. The van der Waals surface area contributed by atoms with E-state index in [1.807, 2.05) is 0 Å². The third-order valence-electron chi connectivity index (χ3n) is 4.37. The van der Waals surface area contributed by atoms with Gasteiger partial charge in [0.15, 0.2) is 11.5 Å². The number of aliphatic hydroxyl groups is 1. The van der Waals surface area contributed by atoms with Crippen LogP contribution in [0.25, 0.3) is 5.76 Å². The Morgan fingerprint density at radius 2 is 1.79 bits per heavy atom. The first-order valence-corrected chi connectivity index (χ1v) is 9.72. The number of ether oxygens (including phenoxy) is 1. The zero-order valence-corrected chi connectivity index (χ0v) is 16.3. The second-order valence-corrected chi connectivity index (χ2v) is 7.97. The summed E-state index contributed by atoms with van der Waals surface area (Å²) in [5.41, 5.74) is 3.22. The summed E-state index contributed by atoms with van der Waals surface area (Å²) in [6, 6.07) is 13.0. The third kappa shape index (κ3) is 3.31. The Kier molecular flexibility index (Phi) is 5.10. The van der Waals surface area contributed by atoms with Gasteiger partial charge < -0.3 is 9.84 Å². The summed E-state index contributed by atoms with van der Waals surface area (Å²) < 4.78 is 31.1. The van der Waals surface area contributed by atoms with Gasteiger partial charge in [0.25, 0.3) is 15.9 Å². The van der Waals surface area contributed by atoms with E-state index >= 15 is 0 Å². The van der Waals surface area contributed by atoms with Crippen LogP contribution in [-0.4, -0.2) is 43.6 Å². The second kappa shape index (κ2) is 7.35. The monoisotopic (exact) mass is 401 g/mol. The molecule has 0 bridgehead atoms. The molecule has 0 radical (unpaired) electrons. The maximum Gasteiger partial charge on any atom is 0.292 e. The highest BCUT2D eigenvalue weighted by Crippen LogP contribution is 2.34. The summed E-state index contributed by atoms with van der Waals surface area (Å²) in [6.45, 7) is 1.69. The summed E-state index contributed by atoms with van der Waals surface area (Å²) in [4.78, 5) is 12.5. The molecule has 0 fully saturated rings. The molecule has 1 amide bonds. The highest BCUT2D eigenvalue weighted by molar-refractivity contribution is 7.89. The van der Waals surface area contributed by atoms with Crippen molar-refractivity contribution >= 4 is 27.4 Å². The van der Waals surface area contributed by atoms with Crippen molar-refractivity contribution in [2.24, 2.45) is 5.10 Å². The molecule has 0 aromatic heterocycles. The quantitative estimate of drug-likeness (QED) is 0.602. The lowest BCUT2D eigenvalue weighted by Crippen LogP contribution is -2.38. The summed E-state index contributed by atoms with van der Waals surface area (Å²) in [5, 5.41) is 14.5. The Morgan fingerprint density at radius 1 is 1.14 bits per heavy atom. The molecule has 0 atom stereocenters. The Balaban J connectivity index is 1.91. The Morgan fingerprint density at radius 3 is 2.43 bits per heavy atom. The molecule has 0 spiro atoms. The first-order chi connectivity index (χ1) is 13.3. The Labute approximate surface area is 162 Å². The zero-order chi connectivity index (χ0) is 20.5. The maximum absolute atomic E-state index is 12.6. The summed E-state index contributed by atoms with van der Waals surface area (Å²) in [6.07, 6.45) is 0. The lowest BCUT2D eigenvalue weighted by atomic mass is 10.1. The van der Waals surface area contributed by atoms with Gasteiger partial charge in [-0.25, -0.2) is 13.8 Å². The molecule has 0 unspecified atom stereocenters. The van der Waals surface area contributed by atoms with E-state index in [2.05, 4.69) is 10.5 Å². The van der Waals surface area contributed by atoms with Crippen LogP contribution in [0.1, 0.15) is 18.1 Å². The van der Waals surface area contributed by atoms with Crippen molar-refractivity contribution in [1.82, 2.24) is 9.73 Å². The van der Waals surface area contributed by atoms with Gasteiger partial charge in [0, 0.05) is 12.6 Å². The Bertz CT molecular complexity index is 1090. The van der Waals surface area contributed by atoms with Crippen molar-refractivity contribution in [2.75, 3.05) is 14.2 Å². The van der Waals surface area contributed by atoms with Gasteiger partial charge in [0.1, 0.15) is 5.75 Å². The molecule has 8 nitrogen and oxygen atoms in total. The van der Waals surface area contributed by atoms with Gasteiger partial charge in [-0.2, -0.15) is 5.10 Å². The number of hydrazone groups is 1. The number of sulfonamides is 1. The molecule has 146 valence electrons. The maximum atomic E-state index is 12.6. The lowest BCUT2D eigenvalue weighted by Gasteiger charge is -2.27. The minimum Gasteiger partial charge on any atom is -0.505 e. The molecule has 2 N–H and O–H groups in total. The number of hydrogen-bond donors (Lipinski definition) is 2. The van der Waals surface area contributed by atoms with Crippen LogP contribution in [-0.2, 0) is 14.8 Å². The standard InChI is InChI=1S/C19H19N3O5S/c1-12(13-8-10-14(27-3)11-9-13)20-21-19(24)17-18(23)15-6-4-5-7-16(15)28(25,26)22(17)2/h4-11,23H,1-3H3,(H,21,24)/b20-12+. The van der Waals surface area contributed by atoms with Crippen LogP contribution in [0.4, 0.5) is 0 Å². The third-order valence-corrected chi connectivity index (χ3v) is 6.18. The van der Waals surface area contributed by atoms with E-state index in [-0.39, 0.29) is 10.5 Å². The molecule has 9 heteroatoms. The fourth-order valence-electron chi connectivity index (χ4n) is 2.77. The van der Waals surface area contributed by atoms with Crippen molar-refractivity contribution in [3.05, 3.63) is 65.4 Å². The van der Waals surface area contributed by atoms with Crippen LogP contribution in [0, 0.1) is 0 Å². The highest BCUT2D eigenvalue weighted by Gasteiger charge is 2.37. The molecular weight excluding hydrogens is 382 g/mol. The molecule has 0 saturated heterocycles. The smallest absolute Gasteiger partial charge is 0.292 e. The van der Waals surface area contributed by atoms with Crippen molar-refractivity contribution in [3.8, 4) is 5.75 Å². The van der Waals surface area contributed by atoms with Gasteiger partial charge in [0.2, 0.25) is 0 Å². The number of carbonyl (C=O) groups excluding carboxylic acids is 1. The number of likely N-dealkylation sites (N-methyl/N-ethyl adjacent to an activating group) is 1. The molecule has 1 aliphatic heterocycles. The molecule has 0 aliphatic carbocycles. The molecule has 0 saturated carbocycles. The van der Waals surface area contributed by atoms with E-state index < -0.39 is 27.4 Å². The van der Waals surface area contributed by atoms with Crippen molar-refractivity contribution in [2.45, 2.75) is 11.8 Å². The molecule has 3 rings (SSSR count). The van der Waals surface area contributed by atoms with Crippen LogP contribution < -0.4 is 10.2 Å². The normalized spacial score (nSPS) is 15.8. The number of hydrogen-bond acceptors (Lipinski definition) is 6. The number of benzene rings is 2. The minimum atomic E-state index is -3.95. The number of nitrogens with one attached hydrogen (secondary N) is 1. The number of carbonyl (C=O) groups is 1. The second-order valence-electron chi connectivity index (χ2n) is 6.03. The summed E-state index contributed by atoms with van der Waals surface area (Å²) in [7, 11) is -1.19. The van der Waals surface area contributed by atoms with Crippen LogP contribution in [0.3, 0.4) is 0 Å². The molecular formula is C19H19N3O5S. The highest BCUT2D eigenvalue weighted by atomic mass is 32.2. The van der Waals surface area contributed by atoms with Gasteiger partial charge in [0.05, 0.1) is 17.7 Å². The molecule has 2 aromatic rings. The fourth-order valence-corrected chi connectivity index (χ4v) is 4.16. The summed E-state index contributed by atoms with van der Waals surface area (Å²) in [5.74, 6) is -0.586. The lowest BCUT2D eigenvalue weighted by molar-refractivity contribution is -0.118. The number of rotatable bonds is 4.